The number of esters is 1. The zero-order valence-electron chi connectivity index (χ0n) is 13.3. The summed E-state index contributed by atoms with van der Waals surface area (Å²) in [6.07, 6.45) is 5.90. The third-order valence-electron chi connectivity index (χ3n) is 3.61. The number of benzene rings is 1. The summed E-state index contributed by atoms with van der Waals surface area (Å²) < 4.78 is 10.9. The van der Waals surface area contributed by atoms with Crippen LogP contribution in [0.4, 0.5) is 0 Å². The van der Waals surface area contributed by atoms with Gasteiger partial charge in [-0.3, -0.25) is 9.78 Å². The number of nitrogens with zero attached hydrogens (tertiary/aromatic N) is 3. The van der Waals surface area contributed by atoms with Gasteiger partial charge in [0, 0.05) is 36.4 Å². The first-order valence-electron chi connectivity index (χ1n) is 7.68. The molecule has 0 fully saturated rings. The molecule has 0 atom stereocenters. The third-order valence-corrected chi connectivity index (χ3v) is 3.61. The van der Waals surface area contributed by atoms with Crippen LogP contribution in [0.15, 0.2) is 76.5 Å². The average molecular weight is 345 g/mol. The molecule has 126 valence electrons. The molecule has 0 N–H and O–H groups in total. The molecule has 1 aromatic carbocycles. The van der Waals surface area contributed by atoms with Crippen molar-refractivity contribution in [3.8, 4) is 17.1 Å². The van der Waals surface area contributed by atoms with Gasteiger partial charge in [0.1, 0.15) is 11.5 Å². The number of hydrogen-bond donors (Lipinski definition) is 0. The molecular weight excluding hydrogens is 334 g/mol. The number of ether oxygens (including phenoxy) is 1. The minimum Gasteiger partial charge on any atom is -0.436 e. The van der Waals surface area contributed by atoms with Crippen LogP contribution >= 0.6 is 0 Å². The Balaban J connectivity index is 1.60. The van der Waals surface area contributed by atoms with Crippen LogP contribution < -0.4 is 10.2 Å². The van der Waals surface area contributed by atoms with Gasteiger partial charge in [-0.2, -0.15) is 0 Å². The van der Waals surface area contributed by atoms with Crippen LogP contribution in [0.1, 0.15) is 10.4 Å². The van der Waals surface area contributed by atoms with E-state index in [2.05, 4.69) is 15.0 Å². The van der Waals surface area contributed by atoms with E-state index in [9.17, 15) is 9.59 Å². The number of carbonyl (C=O) groups is 1. The van der Waals surface area contributed by atoms with Gasteiger partial charge < -0.3 is 9.15 Å². The smallest absolute Gasteiger partial charge is 0.345 e. The lowest BCUT2D eigenvalue weighted by Crippen LogP contribution is -2.08. The molecule has 3 aromatic heterocycles. The lowest BCUT2D eigenvalue weighted by molar-refractivity contribution is 0.0734. The summed E-state index contributed by atoms with van der Waals surface area (Å²) in [6, 6.07) is 11.2. The molecule has 0 aliphatic heterocycles. The summed E-state index contributed by atoms with van der Waals surface area (Å²) in [6.45, 7) is 0. The summed E-state index contributed by atoms with van der Waals surface area (Å²) >= 11 is 0. The zero-order valence-corrected chi connectivity index (χ0v) is 13.3. The molecule has 0 aliphatic rings. The Morgan fingerprint density at radius 2 is 1.81 bits per heavy atom. The van der Waals surface area contributed by atoms with E-state index in [4.69, 9.17) is 9.15 Å². The monoisotopic (exact) mass is 345 g/mol. The highest BCUT2D eigenvalue weighted by atomic mass is 16.5. The van der Waals surface area contributed by atoms with Crippen LogP contribution in [0.5, 0.6) is 5.75 Å². The molecule has 4 aromatic rings. The van der Waals surface area contributed by atoms with E-state index in [0.717, 1.165) is 0 Å². The van der Waals surface area contributed by atoms with Crippen LogP contribution in [-0.2, 0) is 0 Å². The average Bonchev–Trinajstić information content (AvgIpc) is 2.69. The van der Waals surface area contributed by atoms with Crippen LogP contribution in [0.3, 0.4) is 0 Å². The molecular formula is C19H11N3O4. The molecule has 0 bridgehead atoms. The number of aromatic nitrogens is 3. The Bertz CT molecular complexity index is 1140. The van der Waals surface area contributed by atoms with Gasteiger partial charge in [0.2, 0.25) is 11.1 Å². The minimum atomic E-state index is -0.502. The van der Waals surface area contributed by atoms with Crippen LogP contribution in [0, 0.1) is 0 Å². The molecule has 0 unspecified atom stereocenters. The second-order valence-electron chi connectivity index (χ2n) is 5.34. The van der Waals surface area contributed by atoms with Gasteiger partial charge in [0.25, 0.3) is 0 Å². The van der Waals surface area contributed by atoms with E-state index in [1.807, 2.05) is 0 Å². The summed E-state index contributed by atoms with van der Waals surface area (Å²) in [5.41, 5.74) is 1.08. The number of pyridine rings is 1. The van der Waals surface area contributed by atoms with Gasteiger partial charge in [0.05, 0.1) is 5.56 Å². The van der Waals surface area contributed by atoms with Crippen LogP contribution in [0.25, 0.3) is 22.6 Å². The second-order valence-corrected chi connectivity index (χ2v) is 5.34. The molecule has 0 saturated carbocycles. The van der Waals surface area contributed by atoms with E-state index < -0.39 is 5.97 Å². The molecule has 7 heteroatoms. The Labute approximate surface area is 146 Å². The molecule has 26 heavy (non-hydrogen) atoms. The molecule has 4 rings (SSSR count). The molecule has 0 saturated heterocycles. The summed E-state index contributed by atoms with van der Waals surface area (Å²) in [5.74, 6) is 0.219. The largest absolute Gasteiger partial charge is 0.436 e. The highest BCUT2D eigenvalue weighted by Crippen LogP contribution is 2.23. The quantitative estimate of drug-likeness (QED) is 0.416. The van der Waals surface area contributed by atoms with Gasteiger partial charge >= 0.3 is 5.97 Å². The first kappa shape index (κ1) is 15.6. The molecule has 7 nitrogen and oxygen atoms in total. The number of fused-ring (bicyclic) bond motifs is 1. The normalized spacial score (nSPS) is 10.6. The third kappa shape index (κ3) is 3.05. The zero-order chi connectivity index (χ0) is 17.9. The maximum atomic E-state index is 12.1. The van der Waals surface area contributed by atoms with Gasteiger partial charge in [-0.25, -0.2) is 14.8 Å². The Morgan fingerprint density at radius 3 is 2.58 bits per heavy atom. The SMILES string of the molecule is O=C(Oc1ccc(-c2cc(=O)c3nccnc3o2)cc1)c1cccnc1. The maximum absolute atomic E-state index is 12.1. The Kier molecular flexibility index (Phi) is 3.95. The highest BCUT2D eigenvalue weighted by molar-refractivity contribution is 5.90. The van der Waals surface area contributed by atoms with E-state index >= 15 is 0 Å². The summed E-state index contributed by atoms with van der Waals surface area (Å²) in [5, 5.41) is 0. The molecule has 0 amide bonds. The first-order chi connectivity index (χ1) is 12.7. The van der Waals surface area contributed by atoms with Crippen molar-refractivity contribution in [2.75, 3.05) is 0 Å². The number of carbonyl (C=O) groups excluding carboxylic acids is 1. The van der Waals surface area contributed by atoms with Gasteiger partial charge in [-0.05, 0) is 36.4 Å². The van der Waals surface area contributed by atoms with Crippen molar-refractivity contribution >= 4 is 17.2 Å². The van der Waals surface area contributed by atoms with Crippen molar-refractivity contribution in [3.05, 3.63) is 83.0 Å². The lowest BCUT2D eigenvalue weighted by atomic mass is 10.1. The van der Waals surface area contributed by atoms with Crippen molar-refractivity contribution < 1.29 is 13.9 Å². The Hall–Kier alpha value is -3.87. The predicted molar refractivity (Wildman–Crippen MR) is 92.7 cm³/mol. The number of rotatable bonds is 3. The van der Waals surface area contributed by atoms with Crippen molar-refractivity contribution in [2.45, 2.75) is 0 Å². The fourth-order valence-corrected chi connectivity index (χ4v) is 2.37. The van der Waals surface area contributed by atoms with Gasteiger partial charge in [0.15, 0.2) is 5.52 Å². The van der Waals surface area contributed by atoms with Crippen LogP contribution in [-0.4, -0.2) is 20.9 Å². The van der Waals surface area contributed by atoms with Gasteiger partial charge in [-0.1, -0.05) is 0 Å². The van der Waals surface area contributed by atoms with Crippen molar-refractivity contribution in [3.63, 3.8) is 0 Å². The van der Waals surface area contributed by atoms with E-state index in [1.165, 1.54) is 24.7 Å². The van der Waals surface area contributed by atoms with Crippen LogP contribution in [0.2, 0.25) is 0 Å². The summed E-state index contributed by atoms with van der Waals surface area (Å²) in [7, 11) is 0. The van der Waals surface area contributed by atoms with Crippen molar-refractivity contribution in [1.29, 1.82) is 0 Å². The molecule has 0 spiro atoms. The minimum absolute atomic E-state index is 0.169. The molecule has 3 heterocycles. The predicted octanol–water partition coefficient (Wildman–Crippen LogP) is 2.86. The Morgan fingerprint density at radius 1 is 1.00 bits per heavy atom. The van der Waals surface area contributed by atoms with Crippen molar-refractivity contribution in [1.82, 2.24) is 15.0 Å². The fraction of sp³-hybridized carbons (Fsp3) is 0. The fourth-order valence-electron chi connectivity index (χ4n) is 2.37. The summed E-state index contributed by atoms with van der Waals surface area (Å²) in [4.78, 5) is 36.0. The first-order valence-corrected chi connectivity index (χ1v) is 7.68. The lowest BCUT2D eigenvalue weighted by Gasteiger charge is -2.06. The standard InChI is InChI=1S/C19H11N3O4/c23-15-10-16(26-18-17(15)21-8-9-22-18)12-3-5-14(6-4-12)25-19(24)13-2-1-7-20-11-13/h1-11H. The van der Waals surface area contributed by atoms with E-state index in [0.29, 0.717) is 22.6 Å². The number of hydrogen-bond acceptors (Lipinski definition) is 7. The topological polar surface area (TPSA) is 95.2 Å². The van der Waals surface area contributed by atoms with Crippen molar-refractivity contribution in [2.24, 2.45) is 0 Å². The maximum Gasteiger partial charge on any atom is 0.345 e. The molecule has 0 radical (unpaired) electrons. The highest BCUT2D eigenvalue weighted by Gasteiger charge is 2.11. The van der Waals surface area contributed by atoms with E-state index in [1.54, 1.807) is 42.6 Å². The van der Waals surface area contributed by atoms with E-state index in [-0.39, 0.29) is 16.7 Å². The molecule has 0 aliphatic carbocycles. The van der Waals surface area contributed by atoms with Gasteiger partial charge in [-0.15, -0.1) is 0 Å². The second kappa shape index (κ2) is 6.56.